The van der Waals surface area contributed by atoms with E-state index in [0.717, 1.165) is 69.8 Å². The largest absolute Gasteiger partial charge is 0.456 e. The Morgan fingerprint density at radius 1 is 1.06 bits per heavy atom. The molecule has 0 bridgehead atoms. The highest BCUT2D eigenvalue weighted by Gasteiger charge is 2.30. The van der Waals surface area contributed by atoms with E-state index in [4.69, 9.17) is 9.15 Å². The third-order valence-electron chi connectivity index (χ3n) is 6.81. The Morgan fingerprint density at radius 3 is 2.48 bits per heavy atom. The van der Waals surface area contributed by atoms with E-state index in [1.807, 2.05) is 24.8 Å². The van der Waals surface area contributed by atoms with Crippen molar-refractivity contribution in [3.05, 3.63) is 58.5 Å². The molecule has 5 heteroatoms. The summed E-state index contributed by atoms with van der Waals surface area (Å²) in [5, 5.41) is 0. The molecule has 2 saturated heterocycles. The first-order chi connectivity index (χ1) is 15.0. The second-order valence-corrected chi connectivity index (χ2v) is 9.36. The number of likely N-dealkylation sites (tertiary alicyclic amines) is 1. The van der Waals surface area contributed by atoms with Crippen molar-refractivity contribution >= 4 is 5.91 Å². The molecule has 1 atom stereocenters. The van der Waals surface area contributed by atoms with Gasteiger partial charge in [0.2, 0.25) is 0 Å². The number of ether oxygens (including phenoxy) is 1. The number of hydrogen-bond acceptors (Lipinski definition) is 4. The van der Waals surface area contributed by atoms with Crippen LogP contribution in [0.5, 0.6) is 0 Å². The Hall–Kier alpha value is -2.11. The number of aryl methyl sites for hydroxylation is 3. The van der Waals surface area contributed by atoms with Crippen molar-refractivity contribution in [1.29, 1.82) is 0 Å². The molecular formula is C26H36N2O3. The maximum absolute atomic E-state index is 13.3. The smallest absolute Gasteiger partial charge is 0.289 e. The zero-order valence-electron chi connectivity index (χ0n) is 19.2. The zero-order chi connectivity index (χ0) is 21.8. The standard InChI is InChI=1S/C26H36N2O3/c1-19-7-4-5-8-23(19)17-27-12-10-22(11-13-27)16-28(18-24-9-6-14-30-24)26(29)25-20(2)15-21(3)31-25/h4-5,7-8,15,22,24H,6,9-14,16-18H2,1-3H3. The molecule has 0 spiro atoms. The van der Waals surface area contributed by atoms with Gasteiger partial charge in [-0.3, -0.25) is 9.69 Å². The van der Waals surface area contributed by atoms with Crippen LogP contribution in [0.25, 0.3) is 0 Å². The topological polar surface area (TPSA) is 45.9 Å². The lowest BCUT2D eigenvalue weighted by Gasteiger charge is -2.35. The fourth-order valence-electron chi connectivity index (χ4n) is 4.94. The van der Waals surface area contributed by atoms with E-state index in [0.29, 0.717) is 18.2 Å². The van der Waals surface area contributed by atoms with Gasteiger partial charge in [-0.05, 0) is 82.7 Å². The van der Waals surface area contributed by atoms with E-state index < -0.39 is 0 Å². The highest BCUT2D eigenvalue weighted by atomic mass is 16.5. The Morgan fingerprint density at radius 2 is 1.84 bits per heavy atom. The maximum Gasteiger partial charge on any atom is 0.289 e. The highest BCUT2D eigenvalue weighted by Crippen LogP contribution is 2.24. The fourth-order valence-corrected chi connectivity index (χ4v) is 4.94. The predicted octanol–water partition coefficient (Wildman–Crippen LogP) is 4.74. The monoisotopic (exact) mass is 424 g/mol. The van der Waals surface area contributed by atoms with Gasteiger partial charge in [0, 0.05) is 31.8 Å². The first kappa shape index (κ1) is 22.1. The molecule has 1 unspecified atom stereocenters. The summed E-state index contributed by atoms with van der Waals surface area (Å²) in [5.74, 6) is 1.83. The second kappa shape index (κ2) is 10.0. The summed E-state index contributed by atoms with van der Waals surface area (Å²) in [6.45, 7) is 11.5. The van der Waals surface area contributed by atoms with Crippen LogP contribution in [0.4, 0.5) is 0 Å². The summed E-state index contributed by atoms with van der Waals surface area (Å²) in [7, 11) is 0. The molecule has 0 aliphatic carbocycles. The van der Waals surface area contributed by atoms with Crippen LogP contribution in [0, 0.1) is 26.7 Å². The lowest BCUT2D eigenvalue weighted by Crippen LogP contribution is -2.43. The minimum absolute atomic E-state index is 0.0171. The molecular weight excluding hydrogens is 388 g/mol. The number of carbonyl (C=O) groups excluding carboxylic acids is 1. The van der Waals surface area contributed by atoms with Crippen molar-refractivity contribution in [3.8, 4) is 0 Å². The number of carbonyl (C=O) groups is 1. The molecule has 2 aliphatic heterocycles. The molecule has 5 nitrogen and oxygen atoms in total. The van der Waals surface area contributed by atoms with Gasteiger partial charge >= 0.3 is 0 Å². The highest BCUT2D eigenvalue weighted by molar-refractivity contribution is 5.93. The van der Waals surface area contributed by atoms with Crippen LogP contribution >= 0.6 is 0 Å². The first-order valence-corrected chi connectivity index (χ1v) is 11.7. The van der Waals surface area contributed by atoms with Crippen LogP contribution in [0.15, 0.2) is 34.7 Å². The van der Waals surface area contributed by atoms with Crippen molar-refractivity contribution < 1.29 is 13.9 Å². The van der Waals surface area contributed by atoms with Crippen LogP contribution in [0.2, 0.25) is 0 Å². The van der Waals surface area contributed by atoms with E-state index in [2.05, 4.69) is 36.1 Å². The molecule has 2 aromatic rings. The summed E-state index contributed by atoms with van der Waals surface area (Å²) in [5.41, 5.74) is 3.70. The van der Waals surface area contributed by atoms with Gasteiger partial charge < -0.3 is 14.1 Å². The van der Waals surface area contributed by atoms with Gasteiger partial charge in [0.25, 0.3) is 5.91 Å². The molecule has 2 aliphatic rings. The summed E-state index contributed by atoms with van der Waals surface area (Å²) in [4.78, 5) is 17.9. The molecule has 0 saturated carbocycles. The van der Waals surface area contributed by atoms with Crippen molar-refractivity contribution in [2.75, 3.05) is 32.8 Å². The zero-order valence-corrected chi connectivity index (χ0v) is 19.2. The Balaban J connectivity index is 1.37. The number of rotatable bonds is 7. The van der Waals surface area contributed by atoms with Crippen LogP contribution in [-0.4, -0.2) is 54.6 Å². The SMILES string of the molecule is Cc1cc(C)c(C(=O)N(CC2CCN(Cc3ccccc3C)CC2)CC2CCCO2)o1. The molecule has 1 amide bonds. The molecule has 168 valence electrons. The van der Waals surface area contributed by atoms with Crippen molar-refractivity contribution in [1.82, 2.24) is 9.80 Å². The quantitative estimate of drug-likeness (QED) is 0.644. The van der Waals surface area contributed by atoms with Crippen molar-refractivity contribution in [2.24, 2.45) is 5.92 Å². The fraction of sp³-hybridized carbons (Fsp3) is 0.577. The second-order valence-electron chi connectivity index (χ2n) is 9.36. The summed E-state index contributed by atoms with van der Waals surface area (Å²) in [6.07, 6.45) is 4.52. The minimum Gasteiger partial charge on any atom is -0.456 e. The Labute approximate surface area is 186 Å². The third-order valence-corrected chi connectivity index (χ3v) is 6.81. The minimum atomic E-state index is 0.0171. The average Bonchev–Trinajstić information content (AvgIpc) is 3.39. The summed E-state index contributed by atoms with van der Waals surface area (Å²) in [6, 6.07) is 10.6. The number of furan rings is 1. The number of piperidine rings is 1. The summed E-state index contributed by atoms with van der Waals surface area (Å²) >= 11 is 0. The van der Waals surface area contributed by atoms with Gasteiger partial charge in [-0.25, -0.2) is 0 Å². The molecule has 3 heterocycles. The maximum atomic E-state index is 13.3. The average molecular weight is 425 g/mol. The van der Waals surface area contributed by atoms with Crippen LogP contribution < -0.4 is 0 Å². The lowest BCUT2D eigenvalue weighted by molar-refractivity contribution is 0.0421. The van der Waals surface area contributed by atoms with Gasteiger partial charge in [0.15, 0.2) is 5.76 Å². The molecule has 31 heavy (non-hydrogen) atoms. The first-order valence-electron chi connectivity index (χ1n) is 11.7. The molecule has 0 radical (unpaired) electrons. The van der Waals surface area contributed by atoms with Gasteiger partial charge in [-0.15, -0.1) is 0 Å². The number of amides is 1. The van der Waals surface area contributed by atoms with E-state index in [9.17, 15) is 4.79 Å². The van der Waals surface area contributed by atoms with Crippen molar-refractivity contribution in [3.63, 3.8) is 0 Å². The van der Waals surface area contributed by atoms with Crippen LogP contribution in [0.1, 0.15) is 58.7 Å². The molecule has 4 rings (SSSR count). The van der Waals surface area contributed by atoms with Crippen molar-refractivity contribution in [2.45, 2.75) is 59.1 Å². The summed E-state index contributed by atoms with van der Waals surface area (Å²) < 4.78 is 11.6. The Kier molecular flexibility index (Phi) is 7.13. The molecule has 0 N–H and O–H groups in total. The molecule has 2 fully saturated rings. The van der Waals surface area contributed by atoms with Crippen LogP contribution in [0.3, 0.4) is 0 Å². The molecule has 1 aromatic heterocycles. The normalized spacial score (nSPS) is 20.3. The predicted molar refractivity (Wildman–Crippen MR) is 122 cm³/mol. The van der Waals surface area contributed by atoms with Gasteiger partial charge in [0.1, 0.15) is 5.76 Å². The van der Waals surface area contributed by atoms with E-state index >= 15 is 0 Å². The van der Waals surface area contributed by atoms with Crippen LogP contribution in [-0.2, 0) is 11.3 Å². The lowest BCUT2D eigenvalue weighted by atomic mass is 9.95. The van der Waals surface area contributed by atoms with Gasteiger partial charge in [-0.1, -0.05) is 24.3 Å². The van der Waals surface area contributed by atoms with Gasteiger partial charge in [0.05, 0.1) is 6.10 Å². The number of benzene rings is 1. The number of nitrogens with zero attached hydrogens (tertiary/aromatic N) is 2. The third kappa shape index (κ3) is 5.58. The number of hydrogen-bond donors (Lipinski definition) is 0. The Bertz CT molecular complexity index is 877. The van der Waals surface area contributed by atoms with E-state index in [1.165, 1.54) is 11.1 Å². The van der Waals surface area contributed by atoms with E-state index in [1.54, 1.807) is 0 Å². The van der Waals surface area contributed by atoms with Gasteiger partial charge in [-0.2, -0.15) is 0 Å². The van der Waals surface area contributed by atoms with E-state index in [-0.39, 0.29) is 12.0 Å². The molecule has 1 aromatic carbocycles.